The predicted octanol–water partition coefficient (Wildman–Crippen LogP) is 4.27. The largest absolute Gasteiger partial charge is 0.103 e. The minimum atomic E-state index is -0.0389. The topological polar surface area (TPSA) is 0 Å². The summed E-state index contributed by atoms with van der Waals surface area (Å²) in [6.07, 6.45) is 7.71. The first-order valence-corrected chi connectivity index (χ1v) is 7.41. The Morgan fingerprint density at radius 2 is 1.58 bits per heavy atom. The van der Waals surface area contributed by atoms with Crippen LogP contribution in [0.25, 0.3) is 0 Å². The molecule has 0 atom stereocenters. The lowest BCUT2D eigenvalue weighted by Crippen LogP contribution is -2.09. The van der Waals surface area contributed by atoms with Crippen molar-refractivity contribution >= 4 is 8.80 Å². The fraction of sp³-hybridized carbons (Fsp3) is 0.818. The van der Waals surface area contributed by atoms with Crippen molar-refractivity contribution in [3.8, 4) is 0 Å². The van der Waals surface area contributed by atoms with Crippen LogP contribution >= 0.6 is 0 Å². The van der Waals surface area contributed by atoms with E-state index < -0.39 is 0 Å². The van der Waals surface area contributed by atoms with Crippen molar-refractivity contribution in [1.29, 1.82) is 0 Å². The van der Waals surface area contributed by atoms with Gasteiger partial charge in [0.25, 0.3) is 0 Å². The van der Waals surface area contributed by atoms with Crippen molar-refractivity contribution < 1.29 is 0 Å². The second kappa shape index (κ2) is 9.05. The van der Waals surface area contributed by atoms with Gasteiger partial charge in [0, 0.05) is 0 Å². The molecule has 0 amide bonds. The van der Waals surface area contributed by atoms with Gasteiger partial charge in [0.05, 0.1) is 8.80 Å². The van der Waals surface area contributed by atoms with Gasteiger partial charge in [-0.3, -0.25) is 0 Å². The second-order valence-corrected chi connectivity index (χ2v) is 6.36. The summed E-state index contributed by atoms with van der Waals surface area (Å²) >= 11 is 0. The molecule has 0 aromatic heterocycles. The molecule has 0 saturated heterocycles. The highest BCUT2D eigenvalue weighted by Gasteiger charge is 2.06. The van der Waals surface area contributed by atoms with Crippen LogP contribution in [0.1, 0.15) is 39.5 Å². The smallest absolute Gasteiger partial charge is 0.0518 e. The van der Waals surface area contributed by atoms with E-state index in [9.17, 15) is 0 Å². The van der Waals surface area contributed by atoms with Crippen LogP contribution in [-0.4, -0.2) is 8.80 Å². The van der Waals surface area contributed by atoms with Crippen molar-refractivity contribution in [3.63, 3.8) is 0 Å². The molecule has 1 radical (unpaired) electrons. The fourth-order valence-corrected chi connectivity index (χ4v) is 4.16. The normalized spacial score (nSPS) is 10.6. The zero-order valence-electron chi connectivity index (χ0n) is 8.73. The summed E-state index contributed by atoms with van der Waals surface area (Å²) in [7, 11) is -0.0389. The Morgan fingerprint density at radius 3 is 1.92 bits per heavy atom. The van der Waals surface area contributed by atoms with Crippen molar-refractivity contribution in [3.05, 3.63) is 12.7 Å². The molecule has 0 unspecified atom stereocenters. The molecule has 0 aliphatic carbocycles. The van der Waals surface area contributed by atoms with Gasteiger partial charge in [0.15, 0.2) is 0 Å². The summed E-state index contributed by atoms with van der Waals surface area (Å²) in [5, 5.41) is 0. The van der Waals surface area contributed by atoms with Crippen LogP contribution in [0.5, 0.6) is 0 Å². The summed E-state index contributed by atoms with van der Waals surface area (Å²) < 4.78 is 0. The summed E-state index contributed by atoms with van der Waals surface area (Å²) in [4.78, 5) is 0. The Hall–Kier alpha value is -0.0431. The molecule has 12 heavy (non-hydrogen) atoms. The van der Waals surface area contributed by atoms with Gasteiger partial charge in [0.2, 0.25) is 0 Å². The summed E-state index contributed by atoms with van der Waals surface area (Å²) in [5.74, 6) is 0. The zero-order valence-corrected chi connectivity index (χ0v) is 9.73. The molecule has 0 fully saturated rings. The predicted molar refractivity (Wildman–Crippen MR) is 60.2 cm³/mol. The number of allylic oxidation sites excluding steroid dienone is 1. The van der Waals surface area contributed by atoms with Crippen molar-refractivity contribution in [2.24, 2.45) is 0 Å². The minimum Gasteiger partial charge on any atom is -0.103 e. The van der Waals surface area contributed by atoms with E-state index in [1.165, 1.54) is 43.8 Å². The average Bonchev–Trinajstić information content (AvgIpc) is 2.10. The van der Waals surface area contributed by atoms with Crippen LogP contribution in [-0.2, 0) is 0 Å². The zero-order chi connectivity index (χ0) is 9.23. The van der Waals surface area contributed by atoms with Crippen molar-refractivity contribution in [2.75, 3.05) is 0 Å². The molecule has 0 nitrogen and oxygen atoms in total. The van der Waals surface area contributed by atoms with Crippen LogP contribution in [0.4, 0.5) is 0 Å². The molecule has 0 spiro atoms. The summed E-state index contributed by atoms with van der Waals surface area (Å²) in [5.41, 5.74) is 0. The minimum absolute atomic E-state index is 0.0389. The molecular weight excluding hydrogens is 160 g/mol. The molecule has 0 aliphatic rings. The molecule has 0 N–H and O–H groups in total. The third kappa shape index (κ3) is 6.65. The lowest BCUT2D eigenvalue weighted by molar-refractivity contribution is 0.839. The highest BCUT2D eigenvalue weighted by molar-refractivity contribution is 6.59. The lowest BCUT2D eigenvalue weighted by Gasteiger charge is -2.11. The monoisotopic (exact) mass is 183 g/mol. The fourth-order valence-electron chi connectivity index (χ4n) is 1.39. The Labute approximate surface area is 79.7 Å². The molecule has 71 valence electrons. The maximum atomic E-state index is 3.84. The quantitative estimate of drug-likeness (QED) is 0.389. The van der Waals surface area contributed by atoms with Crippen LogP contribution in [0.15, 0.2) is 12.7 Å². The third-order valence-electron chi connectivity index (χ3n) is 2.20. The van der Waals surface area contributed by atoms with E-state index in [1.807, 2.05) is 0 Å². The molecule has 0 saturated carbocycles. The highest BCUT2D eigenvalue weighted by Crippen LogP contribution is 2.13. The van der Waals surface area contributed by atoms with Gasteiger partial charge in [-0.15, -0.1) is 6.58 Å². The average molecular weight is 183 g/mol. The Morgan fingerprint density at radius 1 is 1.08 bits per heavy atom. The summed E-state index contributed by atoms with van der Waals surface area (Å²) in [6.45, 7) is 8.41. The Bertz CT molecular complexity index is 91.2. The first kappa shape index (κ1) is 12.0. The van der Waals surface area contributed by atoms with Gasteiger partial charge in [-0.05, 0) is 6.04 Å². The molecular formula is C11H23Si. The Kier molecular flexibility index (Phi) is 9.02. The number of unbranched alkanes of at least 4 members (excludes halogenated alkanes) is 2. The number of hydrogen-bond donors (Lipinski definition) is 0. The lowest BCUT2D eigenvalue weighted by atomic mass is 10.4. The SMILES string of the molecule is C=CC[Si](CCCC)CCCC. The third-order valence-corrected chi connectivity index (χ3v) is 5.19. The van der Waals surface area contributed by atoms with E-state index in [4.69, 9.17) is 0 Å². The highest BCUT2D eigenvalue weighted by atomic mass is 28.3. The Balaban J connectivity index is 3.46. The standard InChI is InChI=1S/C11H23Si/c1-4-7-10-12(9-6-3)11-8-5-2/h6H,3-5,7-11H2,1-2H3. The van der Waals surface area contributed by atoms with E-state index in [0.717, 1.165) is 0 Å². The van der Waals surface area contributed by atoms with Gasteiger partial charge in [0.1, 0.15) is 0 Å². The number of rotatable bonds is 8. The van der Waals surface area contributed by atoms with Gasteiger partial charge in [-0.2, -0.15) is 0 Å². The van der Waals surface area contributed by atoms with Gasteiger partial charge in [-0.1, -0.05) is 57.7 Å². The van der Waals surface area contributed by atoms with Crippen molar-refractivity contribution in [1.82, 2.24) is 0 Å². The van der Waals surface area contributed by atoms with E-state index in [2.05, 4.69) is 26.5 Å². The first-order valence-electron chi connectivity index (χ1n) is 5.29. The molecule has 1 heteroatoms. The van der Waals surface area contributed by atoms with Crippen LogP contribution < -0.4 is 0 Å². The van der Waals surface area contributed by atoms with Gasteiger partial charge < -0.3 is 0 Å². The molecule has 0 aromatic carbocycles. The van der Waals surface area contributed by atoms with E-state index in [-0.39, 0.29) is 8.80 Å². The number of hydrogen-bond acceptors (Lipinski definition) is 0. The van der Waals surface area contributed by atoms with Crippen LogP contribution in [0, 0.1) is 0 Å². The van der Waals surface area contributed by atoms with Crippen LogP contribution in [0.2, 0.25) is 18.1 Å². The van der Waals surface area contributed by atoms with E-state index >= 15 is 0 Å². The second-order valence-electron chi connectivity index (χ2n) is 3.45. The van der Waals surface area contributed by atoms with Crippen LogP contribution in [0.3, 0.4) is 0 Å². The van der Waals surface area contributed by atoms with E-state index in [1.54, 1.807) is 0 Å². The van der Waals surface area contributed by atoms with Crippen molar-refractivity contribution in [2.45, 2.75) is 57.7 Å². The molecule has 0 aliphatic heterocycles. The molecule has 0 rings (SSSR count). The van der Waals surface area contributed by atoms with E-state index in [0.29, 0.717) is 0 Å². The maximum absolute atomic E-state index is 3.84. The molecule has 0 heterocycles. The summed E-state index contributed by atoms with van der Waals surface area (Å²) in [6, 6.07) is 4.34. The molecule has 0 aromatic rings. The maximum Gasteiger partial charge on any atom is 0.0518 e. The first-order chi connectivity index (χ1) is 5.85. The molecule has 0 bridgehead atoms. The van der Waals surface area contributed by atoms with Gasteiger partial charge >= 0.3 is 0 Å². The van der Waals surface area contributed by atoms with Gasteiger partial charge in [-0.25, -0.2) is 0 Å².